The summed E-state index contributed by atoms with van der Waals surface area (Å²) < 4.78 is 5.81. The summed E-state index contributed by atoms with van der Waals surface area (Å²) >= 11 is 1.67. The average molecular weight is 441 g/mol. The number of carbonyl (C=O) groups excluding carboxylic acids is 1. The molecule has 1 N–H and O–H groups in total. The number of carbonyl (C=O) groups is 1. The van der Waals surface area contributed by atoms with E-state index in [1.54, 1.807) is 23.5 Å². The van der Waals surface area contributed by atoms with Crippen LogP contribution in [0.5, 0.6) is 0 Å². The zero-order valence-electron chi connectivity index (χ0n) is 17.2. The van der Waals surface area contributed by atoms with Gasteiger partial charge in [0.2, 0.25) is 0 Å². The minimum Gasteiger partial charge on any atom is -0.464 e. The highest BCUT2D eigenvalue weighted by atomic mass is 32.1. The molecule has 1 saturated carbocycles. The Morgan fingerprint density at radius 1 is 0.969 bits per heavy atom. The van der Waals surface area contributed by atoms with Crippen LogP contribution in [0.15, 0.2) is 86.5 Å². The normalized spacial score (nSPS) is 22.4. The number of thiophene rings is 1. The minimum atomic E-state index is -0.532. The van der Waals surface area contributed by atoms with Gasteiger partial charge in [0.15, 0.2) is 5.43 Å². The summed E-state index contributed by atoms with van der Waals surface area (Å²) in [6.45, 7) is 0. The average Bonchev–Trinajstić information content (AvgIpc) is 3.29. The van der Waals surface area contributed by atoms with Crippen molar-refractivity contribution in [2.24, 2.45) is 10.9 Å². The summed E-state index contributed by atoms with van der Waals surface area (Å²) in [5, 5.41) is 6.03. The zero-order valence-corrected chi connectivity index (χ0v) is 18.0. The SMILES string of the molecule is O=C1CC(c2cccs2)CC2=Nc3ccccc3NC(c3coc4ccccc4c3=O)C12. The van der Waals surface area contributed by atoms with Crippen molar-refractivity contribution in [2.75, 3.05) is 5.32 Å². The monoisotopic (exact) mass is 440 g/mol. The third kappa shape index (κ3) is 3.10. The van der Waals surface area contributed by atoms with E-state index < -0.39 is 12.0 Å². The van der Waals surface area contributed by atoms with Gasteiger partial charge in [-0.2, -0.15) is 0 Å². The summed E-state index contributed by atoms with van der Waals surface area (Å²) in [5.74, 6) is -0.287. The van der Waals surface area contributed by atoms with Crippen LogP contribution in [-0.4, -0.2) is 11.5 Å². The highest BCUT2D eigenvalue weighted by Crippen LogP contribution is 2.44. The number of hydrogen-bond acceptors (Lipinski definition) is 6. The molecule has 3 unspecified atom stereocenters. The van der Waals surface area contributed by atoms with Gasteiger partial charge in [0.05, 0.1) is 34.3 Å². The molecule has 4 aromatic rings. The third-order valence-corrected chi connectivity index (χ3v) is 7.44. The van der Waals surface area contributed by atoms with Crippen LogP contribution in [0.3, 0.4) is 0 Å². The van der Waals surface area contributed by atoms with Crippen LogP contribution in [0.2, 0.25) is 0 Å². The smallest absolute Gasteiger partial charge is 0.197 e. The predicted molar refractivity (Wildman–Crippen MR) is 127 cm³/mol. The van der Waals surface area contributed by atoms with E-state index in [1.165, 1.54) is 11.1 Å². The Kier molecular flexibility index (Phi) is 4.54. The number of nitrogens with zero attached hydrogens (tertiary/aromatic N) is 1. The van der Waals surface area contributed by atoms with Crippen LogP contribution >= 0.6 is 11.3 Å². The highest BCUT2D eigenvalue weighted by Gasteiger charge is 2.43. The molecule has 158 valence electrons. The molecule has 6 heteroatoms. The van der Waals surface area contributed by atoms with Gasteiger partial charge in [-0.1, -0.05) is 30.3 Å². The minimum absolute atomic E-state index is 0.103. The van der Waals surface area contributed by atoms with Crippen molar-refractivity contribution in [3.63, 3.8) is 0 Å². The second-order valence-corrected chi connectivity index (χ2v) is 9.30. The van der Waals surface area contributed by atoms with E-state index in [4.69, 9.17) is 9.41 Å². The Hall–Kier alpha value is -3.51. The van der Waals surface area contributed by atoms with E-state index >= 15 is 0 Å². The molecule has 0 radical (unpaired) electrons. The van der Waals surface area contributed by atoms with Crippen LogP contribution in [0.1, 0.15) is 35.2 Å². The molecule has 5 nitrogen and oxygen atoms in total. The fourth-order valence-electron chi connectivity index (χ4n) is 4.89. The Morgan fingerprint density at radius 3 is 2.69 bits per heavy atom. The van der Waals surface area contributed by atoms with Gasteiger partial charge in [-0.05, 0) is 42.1 Å². The van der Waals surface area contributed by atoms with Crippen molar-refractivity contribution in [3.8, 4) is 0 Å². The van der Waals surface area contributed by atoms with Crippen molar-refractivity contribution in [2.45, 2.75) is 24.8 Å². The quantitative estimate of drug-likeness (QED) is 0.424. The lowest BCUT2D eigenvalue weighted by atomic mass is 9.74. The first kappa shape index (κ1) is 19.2. The summed E-state index contributed by atoms with van der Waals surface area (Å²) in [7, 11) is 0. The number of para-hydroxylation sites is 3. The maximum Gasteiger partial charge on any atom is 0.197 e. The molecule has 2 aliphatic rings. The van der Waals surface area contributed by atoms with Gasteiger partial charge in [-0.3, -0.25) is 14.6 Å². The van der Waals surface area contributed by atoms with Crippen molar-refractivity contribution in [1.29, 1.82) is 0 Å². The fourth-order valence-corrected chi connectivity index (χ4v) is 5.72. The molecule has 0 bridgehead atoms. The summed E-state index contributed by atoms with van der Waals surface area (Å²) in [5.41, 5.74) is 3.32. The largest absolute Gasteiger partial charge is 0.464 e. The van der Waals surface area contributed by atoms with E-state index in [2.05, 4.69) is 11.4 Å². The van der Waals surface area contributed by atoms with Crippen molar-refractivity contribution in [1.82, 2.24) is 0 Å². The third-order valence-electron chi connectivity index (χ3n) is 6.41. The van der Waals surface area contributed by atoms with E-state index in [0.717, 1.165) is 17.1 Å². The number of aliphatic imine (C=N–C) groups is 1. The van der Waals surface area contributed by atoms with Crippen LogP contribution in [0, 0.1) is 5.92 Å². The second-order valence-electron chi connectivity index (χ2n) is 8.32. The lowest BCUT2D eigenvalue weighted by Crippen LogP contribution is -2.40. The fraction of sp³-hybridized carbons (Fsp3) is 0.192. The lowest BCUT2D eigenvalue weighted by molar-refractivity contribution is -0.122. The molecule has 3 heterocycles. The van der Waals surface area contributed by atoms with E-state index in [-0.39, 0.29) is 17.1 Å². The van der Waals surface area contributed by atoms with Gasteiger partial charge in [0.25, 0.3) is 0 Å². The lowest BCUT2D eigenvalue weighted by Gasteiger charge is -2.33. The van der Waals surface area contributed by atoms with Gasteiger partial charge < -0.3 is 9.73 Å². The Labute approximate surface area is 188 Å². The summed E-state index contributed by atoms with van der Waals surface area (Å²) in [6, 6.07) is 18.5. The van der Waals surface area contributed by atoms with Crippen molar-refractivity contribution >= 4 is 45.2 Å². The first-order valence-electron chi connectivity index (χ1n) is 10.7. The molecule has 1 fully saturated rings. The molecular weight excluding hydrogens is 420 g/mol. The first-order valence-corrected chi connectivity index (χ1v) is 11.6. The number of ketones is 1. The Morgan fingerprint density at radius 2 is 1.81 bits per heavy atom. The molecule has 3 atom stereocenters. The number of fused-ring (bicyclic) bond motifs is 3. The molecule has 2 aromatic heterocycles. The predicted octanol–water partition coefficient (Wildman–Crippen LogP) is 5.86. The molecule has 1 aliphatic heterocycles. The Bertz CT molecular complexity index is 1420. The molecule has 32 heavy (non-hydrogen) atoms. The summed E-state index contributed by atoms with van der Waals surface area (Å²) in [4.78, 5) is 33.1. The number of Topliss-reactive ketones (excluding diaryl/α,β-unsaturated/α-hetero) is 1. The van der Waals surface area contributed by atoms with E-state index in [0.29, 0.717) is 29.4 Å². The number of nitrogens with one attached hydrogen (secondary N) is 1. The molecule has 0 saturated heterocycles. The van der Waals surface area contributed by atoms with E-state index in [1.807, 2.05) is 47.8 Å². The molecule has 2 aromatic carbocycles. The topological polar surface area (TPSA) is 71.7 Å². The van der Waals surface area contributed by atoms with Crippen LogP contribution in [0.25, 0.3) is 11.0 Å². The van der Waals surface area contributed by atoms with Gasteiger partial charge in [0, 0.05) is 22.9 Å². The number of benzene rings is 2. The van der Waals surface area contributed by atoms with Crippen molar-refractivity contribution < 1.29 is 9.21 Å². The van der Waals surface area contributed by atoms with Gasteiger partial charge in [-0.15, -0.1) is 11.3 Å². The number of anilines is 1. The number of rotatable bonds is 2. The van der Waals surface area contributed by atoms with Crippen LogP contribution in [-0.2, 0) is 4.79 Å². The molecular formula is C26H20N2O3S. The second kappa shape index (κ2) is 7.57. The van der Waals surface area contributed by atoms with Crippen LogP contribution in [0.4, 0.5) is 11.4 Å². The first-order chi connectivity index (χ1) is 15.7. The number of hydrogen-bond donors (Lipinski definition) is 1. The van der Waals surface area contributed by atoms with Crippen molar-refractivity contribution in [3.05, 3.63) is 93.0 Å². The van der Waals surface area contributed by atoms with E-state index in [9.17, 15) is 9.59 Å². The maximum atomic E-state index is 13.5. The molecule has 1 aliphatic carbocycles. The zero-order chi connectivity index (χ0) is 21.7. The van der Waals surface area contributed by atoms with Gasteiger partial charge in [-0.25, -0.2) is 0 Å². The molecule has 0 amide bonds. The Balaban J connectivity index is 1.51. The highest BCUT2D eigenvalue weighted by molar-refractivity contribution is 7.10. The molecule has 0 spiro atoms. The van der Waals surface area contributed by atoms with Gasteiger partial charge >= 0.3 is 0 Å². The maximum absolute atomic E-state index is 13.5. The molecule has 6 rings (SSSR count). The summed E-state index contributed by atoms with van der Waals surface area (Å²) in [6.07, 6.45) is 2.65. The van der Waals surface area contributed by atoms with Crippen LogP contribution < -0.4 is 10.7 Å². The van der Waals surface area contributed by atoms with Gasteiger partial charge in [0.1, 0.15) is 17.6 Å². The standard InChI is InChI=1S/C26H20N2O3S/c29-21-13-15(23-10-5-11-32-23)12-20-24(21)25(28-19-8-3-2-7-18(19)27-20)17-14-31-22-9-4-1-6-16(22)26(17)30/h1-11,14-15,24-25,28H,12-13H2.